The van der Waals surface area contributed by atoms with Crippen molar-refractivity contribution in [3.63, 3.8) is 0 Å². The lowest BCUT2D eigenvalue weighted by Gasteiger charge is -2.36. The van der Waals surface area contributed by atoms with Crippen molar-refractivity contribution in [3.05, 3.63) is 146 Å². The monoisotopic (exact) mass is 997 g/mol. The molecule has 4 aromatic rings. The number of nitrogens with zero attached hydrogens (tertiary/aromatic N) is 2. The van der Waals surface area contributed by atoms with Gasteiger partial charge in [-0.3, -0.25) is 20.2 Å². The van der Waals surface area contributed by atoms with E-state index in [1.807, 2.05) is 54.6 Å². The van der Waals surface area contributed by atoms with E-state index in [1.54, 1.807) is 0 Å². The van der Waals surface area contributed by atoms with Gasteiger partial charge in [-0.1, -0.05) is 91.0 Å². The molecule has 0 aliphatic rings. The maximum atomic E-state index is 11.2. The molecule has 0 aromatic heterocycles. The van der Waals surface area contributed by atoms with Gasteiger partial charge in [0, 0.05) is 12.6 Å². The molecule has 20 heteroatoms. The first-order valence-electron chi connectivity index (χ1n) is 23.9. The lowest BCUT2D eigenvalue weighted by Crippen LogP contribution is -2.34. The Balaban J connectivity index is 0.809. The molecule has 0 amide bonds. The van der Waals surface area contributed by atoms with Gasteiger partial charge in [0.1, 0.15) is 11.3 Å². The van der Waals surface area contributed by atoms with E-state index in [2.05, 4.69) is 41.7 Å². The van der Waals surface area contributed by atoms with Crippen LogP contribution in [-0.2, 0) is 67.2 Å². The predicted octanol–water partition coefficient (Wildman–Crippen LogP) is 6.12. The van der Waals surface area contributed by atoms with Gasteiger partial charge >= 0.3 is 0 Å². The third kappa shape index (κ3) is 24.8. The summed E-state index contributed by atoms with van der Waals surface area (Å²) in [6.07, 6.45) is 0. The Morgan fingerprint density at radius 3 is 0.915 bits per heavy atom. The topological polar surface area (TPSA) is 218 Å². The first-order valence-corrected chi connectivity index (χ1v) is 23.9. The molecule has 0 bridgehead atoms. The van der Waals surface area contributed by atoms with E-state index in [0.717, 1.165) is 22.8 Å². The van der Waals surface area contributed by atoms with E-state index in [0.29, 0.717) is 159 Å². The molecule has 392 valence electrons. The summed E-state index contributed by atoms with van der Waals surface area (Å²) in [5.41, 5.74) is 1.86. The Hall–Kier alpha value is -5.04. The fraction of sp³-hybridized carbons (Fsp3) is 0.529. The summed E-state index contributed by atoms with van der Waals surface area (Å²) in [4.78, 5) is 20.7. The summed E-state index contributed by atoms with van der Waals surface area (Å²) in [6.45, 7) is 11.2. The average molecular weight is 998 g/mol. The number of non-ortho nitro benzene ring substituents is 1. The van der Waals surface area contributed by atoms with E-state index in [9.17, 15) is 20.2 Å². The van der Waals surface area contributed by atoms with E-state index >= 15 is 0 Å². The van der Waals surface area contributed by atoms with Crippen molar-refractivity contribution in [1.29, 1.82) is 0 Å². The molecule has 4 aromatic carbocycles. The molecule has 0 radical (unpaired) electrons. The minimum Gasteiger partial charge on any atom is -0.377 e. The average Bonchev–Trinajstić information content (AvgIpc) is 3.40. The van der Waals surface area contributed by atoms with Gasteiger partial charge in [-0.15, -0.1) is 0 Å². The largest absolute Gasteiger partial charge is 0.377 e. The predicted molar refractivity (Wildman–Crippen MR) is 263 cm³/mol. The summed E-state index contributed by atoms with van der Waals surface area (Å²) in [7, 11) is 0. The molecule has 0 unspecified atom stereocenters. The third-order valence-corrected chi connectivity index (χ3v) is 10.1. The van der Waals surface area contributed by atoms with Crippen LogP contribution in [0.15, 0.2) is 109 Å². The molecule has 0 aliphatic carbocycles. The quantitative estimate of drug-likeness (QED) is 0.0228. The van der Waals surface area contributed by atoms with Gasteiger partial charge in [0.25, 0.3) is 11.4 Å². The Bertz CT molecular complexity index is 1840. The van der Waals surface area contributed by atoms with Crippen molar-refractivity contribution in [2.75, 3.05) is 177 Å². The molecule has 0 spiro atoms. The number of benzene rings is 4. The Morgan fingerprint density at radius 1 is 0.352 bits per heavy atom. The van der Waals surface area contributed by atoms with Crippen molar-refractivity contribution < 1.29 is 71.4 Å². The van der Waals surface area contributed by atoms with Crippen molar-refractivity contribution in [1.82, 2.24) is 0 Å². The minimum absolute atomic E-state index is 0.182. The maximum Gasteiger partial charge on any atom is 0.299 e. The Kier molecular flexibility index (Phi) is 31.8. The SMILES string of the molecule is O=[N+]([O-])c1ccc(NCCOCCOCCOCCOCCOCCOCCOCCOCCOCCOCCOCCOCCOC(c2ccccc2)(c2ccccc2)c2ccccc2)c([N+](=O)[O-])c1. The zero-order valence-corrected chi connectivity index (χ0v) is 40.6. The van der Waals surface area contributed by atoms with Crippen molar-refractivity contribution in [2.45, 2.75) is 5.60 Å². The first kappa shape index (κ1) is 58.5. The number of hydrogen-bond acceptors (Lipinski definition) is 18. The van der Waals surface area contributed by atoms with Crippen LogP contribution in [0.1, 0.15) is 16.7 Å². The van der Waals surface area contributed by atoms with Gasteiger partial charge in [0.05, 0.1) is 181 Å². The van der Waals surface area contributed by atoms with Crippen LogP contribution in [0, 0.1) is 20.2 Å². The first-order chi connectivity index (χ1) is 35.0. The van der Waals surface area contributed by atoms with Crippen molar-refractivity contribution >= 4 is 17.1 Å². The summed E-state index contributed by atoms with van der Waals surface area (Å²) in [5.74, 6) is 0. The fourth-order valence-electron chi connectivity index (χ4n) is 6.74. The molecular formula is C51H71N3O17. The Labute approximate surface area is 416 Å². The number of hydrogen-bond donors (Lipinski definition) is 1. The molecule has 0 saturated carbocycles. The van der Waals surface area contributed by atoms with Crippen LogP contribution in [0.2, 0.25) is 0 Å². The second-order valence-electron chi connectivity index (χ2n) is 15.1. The number of rotatable bonds is 46. The molecule has 4 rings (SSSR count). The smallest absolute Gasteiger partial charge is 0.299 e. The van der Waals surface area contributed by atoms with Crippen LogP contribution < -0.4 is 5.32 Å². The molecule has 0 aliphatic heterocycles. The van der Waals surface area contributed by atoms with Crippen LogP contribution in [0.3, 0.4) is 0 Å². The van der Waals surface area contributed by atoms with Gasteiger partial charge in [0.2, 0.25) is 0 Å². The lowest BCUT2D eigenvalue weighted by atomic mass is 9.80. The fourth-order valence-corrected chi connectivity index (χ4v) is 6.74. The van der Waals surface area contributed by atoms with Crippen LogP contribution >= 0.6 is 0 Å². The van der Waals surface area contributed by atoms with Gasteiger partial charge in [0.15, 0.2) is 0 Å². The number of nitro benzene ring substituents is 2. The van der Waals surface area contributed by atoms with E-state index in [1.165, 1.54) is 12.1 Å². The van der Waals surface area contributed by atoms with E-state index in [-0.39, 0.29) is 30.2 Å². The summed E-state index contributed by atoms with van der Waals surface area (Å²) >= 11 is 0. The van der Waals surface area contributed by atoms with Crippen molar-refractivity contribution in [3.8, 4) is 0 Å². The zero-order chi connectivity index (χ0) is 50.1. The number of ether oxygens (including phenoxy) is 13. The molecular weight excluding hydrogens is 927 g/mol. The van der Waals surface area contributed by atoms with Crippen LogP contribution in [0.25, 0.3) is 0 Å². The molecule has 0 atom stereocenters. The number of nitro groups is 2. The second kappa shape index (κ2) is 38.6. The van der Waals surface area contributed by atoms with Crippen LogP contribution in [-0.4, -0.2) is 182 Å². The zero-order valence-electron chi connectivity index (χ0n) is 40.6. The second-order valence-corrected chi connectivity index (χ2v) is 15.1. The minimum atomic E-state index is -0.767. The highest BCUT2D eigenvalue weighted by Crippen LogP contribution is 2.40. The molecule has 1 N–H and O–H groups in total. The number of nitrogens with one attached hydrogen (secondary N) is 1. The highest BCUT2D eigenvalue weighted by molar-refractivity contribution is 5.65. The van der Waals surface area contributed by atoms with Gasteiger partial charge in [-0.25, -0.2) is 0 Å². The number of anilines is 1. The third-order valence-electron chi connectivity index (χ3n) is 10.1. The van der Waals surface area contributed by atoms with Gasteiger partial charge in [-0.2, -0.15) is 0 Å². The molecule has 71 heavy (non-hydrogen) atoms. The highest BCUT2D eigenvalue weighted by atomic mass is 16.6. The van der Waals surface area contributed by atoms with E-state index < -0.39 is 15.4 Å². The highest BCUT2D eigenvalue weighted by Gasteiger charge is 2.37. The molecule has 20 nitrogen and oxygen atoms in total. The van der Waals surface area contributed by atoms with Crippen molar-refractivity contribution in [2.24, 2.45) is 0 Å². The summed E-state index contributed by atoms with van der Waals surface area (Å²) in [5, 5.41) is 24.9. The standard InChI is InChI=1S/C51H71N3O17/c55-53(56)48-16-17-49(50(44-48)54(57)58)52-18-19-59-20-21-60-22-23-61-24-25-62-26-27-63-28-29-64-30-31-65-32-33-66-34-35-67-36-37-68-38-39-69-40-41-70-42-43-71-51(45-10-4-1-5-11-45,46-12-6-2-7-13-46)47-14-8-3-9-15-47/h1-17,44,52H,18-43H2. The van der Waals surface area contributed by atoms with Gasteiger partial charge < -0.3 is 66.9 Å². The lowest BCUT2D eigenvalue weighted by molar-refractivity contribution is -0.393. The van der Waals surface area contributed by atoms with Crippen LogP contribution in [0.4, 0.5) is 17.1 Å². The molecule has 0 heterocycles. The van der Waals surface area contributed by atoms with Gasteiger partial charge in [-0.05, 0) is 22.8 Å². The van der Waals surface area contributed by atoms with E-state index in [4.69, 9.17) is 61.6 Å². The molecule has 0 saturated heterocycles. The van der Waals surface area contributed by atoms with Crippen LogP contribution in [0.5, 0.6) is 0 Å². The normalized spacial score (nSPS) is 11.5. The Morgan fingerprint density at radius 2 is 0.634 bits per heavy atom. The molecule has 0 fully saturated rings. The maximum absolute atomic E-state index is 11.2. The summed E-state index contributed by atoms with van der Waals surface area (Å²) in [6, 6.07) is 34.3. The summed E-state index contributed by atoms with van der Waals surface area (Å²) < 4.78 is 73.3.